The molecule has 0 heterocycles. The first-order chi connectivity index (χ1) is 8.56. The molecule has 0 rings (SSSR count). The van der Waals surface area contributed by atoms with E-state index in [4.69, 9.17) is 0 Å². The van der Waals surface area contributed by atoms with Gasteiger partial charge in [-0.2, -0.15) is 0 Å². The molecule has 0 aromatic heterocycles. The Morgan fingerprint density at radius 3 is 1.84 bits per heavy atom. The van der Waals surface area contributed by atoms with Crippen LogP contribution in [0.25, 0.3) is 0 Å². The zero-order valence-electron chi connectivity index (χ0n) is 12.4. The van der Waals surface area contributed by atoms with E-state index in [1.807, 2.05) is 20.8 Å². The molecule has 2 atom stereocenters. The van der Waals surface area contributed by atoms with E-state index in [-0.39, 0.29) is 11.4 Å². The summed E-state index contributed by atoms with van der Waals surface area (Å²) in [7, 11) is 1.42. The summed E-state index contributed by atoms with van der Waals surface area (Å²) in [5.41, 5.74) is -0.333. The summed E-state index contributed by atoms with van der Waals surface area (Å²) >= 11 is 0. The molecule has 4 amide bonds. The van der Waals surface area contributed by atoms with E-state index >= 15 is 0 Å². The highest BCUT2D eigenvalue weighted by Gasteiger charge is 2.23. The Kier molecular flexibility index (Phi) is 6.47. The maximum Gasteiger partial charge on any atom is 0.321 e. The lowest BCUT2D eigenvalue weighted by Gasteiger charge is -2.25. The minimum atomic E-state index is -0.655. The monoisotopic (exact) mass is 272 g/mol. The average Bonchev–Trinajstić information content (AvgIpc) is 2.26. The molecule has 2 unspecified atom stereocenters. The van der Waals surface area contributed by atoms with Crippen LogP contribution in [0.3, 0.4) is 0 Å². The lowest BCUT2D eigenvalue weighted by molar-refractivity contribution is -0.125. The van der Waals surface area contributed by atoms with Crippen molar-refractivity contribution >= 4 is 17.8 Å². The number of amides is 4. The number of carbonyl (C=O) groups is 3. The standard InChI is InChI=1S/C12H24N4O3/c1-7(9(17)15-11(19)13-6)14-8(2)10(18)16-12(3,4)5/h7-8,14H,1-6H3,(H,16,18)(H2,13,15,17,19). The highest BCUT2D eigenvalue weighted by molar-refractivity contribution is 5.97. The summed E-state index contributed by atoms with van der Waals surface area (Å²) in [6, 6.07) is -1.77. The number of carbonyl (C=O) groups excluding carboxylic acids is 3. The molecule has 0 spiro atoms. The molecule has 0 saturated carbocycles. The van der Waals surface area contributed by atoms with Gasteiger partial charge in [0.1, 0.15) is 0 Å². The lowest BCUT2D eigenvalue weighted by atomic mass is 10.1. The van der Waals surface area contributed by atoms with Crippen molar-refractivity contribution in [3.8, 4) is 0 Å². The van der Waals surface area contributed by atoms with E-state index < -0.39 is 24.0 Å². The van der Waals surface area contributed by atoms with Crippen molar-refractivity contribution in [2.24, 2.45) is 0 Å². The van der Waals surface area contributed by atoms with Gasteiger partial charge in [-0.05, 0) is 34.6 Å². The Morgan fingerprint density at radius 2 is 1.42 bits per heavy atom. The van der Waals surface area contributed by atoms with Crippen molar-refractivity contribution in [2.75, 3.05) is 7.05 Å². The second-order valence-electron chi connectivity index (χ2n) is 5.42. The number of urea groups is 1. The van der Waals surface area contributed by atoms with Crippen molar-refractivity contribution < 1.29 is 14.4 Å². The van der Waals surface area contributed by atoms with Gasteiger partial charge in [-0.15, -0.1) is 0 Å². The molecule has 0 fully saturated rings. The highest BCUT2D eigenvalue weighted by Crippen LogP contribution is 1.99. The van der Waals surface area contributed by atoms with Gasteiger partial charge in [0, 0.05) is 12.6 Å². The Balaban J connectivity index is 4.32. The summed E-state index contributed by atoms with van der Waals surface area (Å²) in [5, 5.41) is 10.0. The second-order valence-corrected chi connectivity index (χ2v) is 5.42. The fourth-order valence-corrected chi connectivity index (χ4v) is 1.29. The zero-order valence-corrected chi connectivity index (χ0v) is 12.4. The summed E-state index contributed by atoms with van der Waals surface area (Å²) in [4.78, 5) is 34.4. The molecule has 19 heavy (non-hydrogen) atoms. The minimum Gasteiger partial charge on any atom is -0.350 e. The summed E-state index contributed by atoms with van der Waals surface area (Å²) in [5.74, 6) is -0.693. The molecule has 0 aliphatic rings. The largest absolute Gasteiger partial charge is 0.350 e. The van der Waals surface area contributed by atoms with Crippen LogP contribution < -0.4 is 21.3 Å². The zero-order chi connectivity index (χ0) is 15.2. The third-order valence-electron chi connectivity index (χ3n) is 2.25. The molecular formula is C12H24N4O3. The van der Waals surface area contributed by atoms with E-state index in [1.54, 1.807) is 13.8 Å². The van der Waals surface area contributed by atoms with Gasteiger partial charge in [0.05, 0.1) is 12.1 Å². The van der Waals surface area contributed by atoms with Gasteiger partial charge in [-0.1, -0.05) is 0 Å². The quantitative estimate of drug-likeness (QED) is 0.566. The molecule has 0 saturated heterocycles. The van der Waals surface area contributed by atoms with Crippen LogP contribution in [0.1, 0.15) is 34.6 Å². The van der Waals surface area contributed by atoms with Crippen LogP contribution in [0.2, 0.25) is 0 Å². The maximum atomic E-state index is 11.8. The van der Waals surface area contributed by atoms with Gasteiger partial charge in [0.15, 0.2) is 0 Å². The predicted molar refractivity (Wildman–Crippen MR) is 72.6 cm³/mol. The topological polar surface area (TPSA) is 99.3 Å². The lowest BCUT2D eigenvalue weighted by Crippen LogP contribution is -2.55. The number of nitrogens with one attached hydrogen (secondary N) is 4. The first-order valence-electron chi connectivity index (χ1n) is 6.17. The summed E-state index contributed by atoms with van der Waals surface area (Å²) < 4.78 is 0. The first-order valence-corrected chi connectivity index (χ1v) is 6.17. The Morgan fingerprint density at radius 1 is 0.947 bits per heavy atom. The molecule has 4 N–H and O–H groups in total. The fraction of sp³-hybridized carbons (Fsp3) is 0.750. The van der Waals surface area contributed by atoms with E-state index in [2.05, 4.69) is 21.3 Å². The summed E-state index contributed by atoms with van der Waals surface area (Å²) in [6.07, 6.45) is 0. The van der Waals surface area contributed by atoms with E-state index in [1.165, 1.54) is 7.05 Å². The van der Waals surface area contributed by atoms with Gasteiger partial charge in [-0.25, -0.2) is 4.79 Å². The fourth-order valence-electron chi connectivity index (χ4n) is 1.29. The van der Waals surface area contributed by atoms with Crippen LogP contribution in [0, 0.1) is 0 Å². The molecule has 0 aromatic rings. The van der Waals surface area contributed by atoms with E-state index in [9.17, 15) is 14.4 Å². The molecular weight excluding hydrogens is 248 g/mol. The molecule has 7 nitrogen and oxygen atoms in total. The smallest absolute Gasteiger partial charge is 0.321 e. The first kappa shape index (κ1) is 17.4. The maximum absolute atomic E-state index is 11.8. The van der Waals surface area contributed by atoms with Crippen molar-refractivity contribution in [3.63, 3.8) is 0 Å². The van der Waals surface area contributed by atoms with Crippen LogP contribution >= 0.6 is 0 Å². The van der Waals surface area contributed by atoms with Crippen molar-refractivity contribution in [1.82, 2.24) is 21.3 Å². The van der Waals surface area contributed by atoms with Crippen LogP contribution in [0.5, 0.6) is 0 Å². The molecule has 0 aliphatic heterocycles. The second kappa shape index (κ2) is 7.08. The van der Waals surface area contributed by atoms with Crippen molar-refractivity contribution in [2.45, 2.75) is 52.2 Å². The predicted octanol–water partition coefficient (Wildman–Crippen LogP) is -0.277. The van der Waals surface area contributed by atoms with Crippen LogP contribution in [-0.4, -0.2) is 42.5 Å². The Labute approximate surface area is 113 Å². The molecule has 110 valence electrons. The van der Waals surface area contributed by atoms with Gasteiger partial charge in [0.2, 0.25) is 11.8 Å². The van der Waals surface area contributed by atoms with E-state index in [0.29, 0.717) is 0 Å². The molecule has 7 heteroatoms. The van der Waals surface area contributed by atoms with Crippen LogP contribution in [0.4, 0.5) is 4.79 Å². The third-order valence-corrected chi connectivity index (χ3v) is 2.25. The van der Waals surface area contributed by atoms with Crippen molar-refractivity contribution in [1.29, 1.82) is 0 Å². The normalized spacial score (nSPS) is 14.2. The molecule has 0 radical (unpaired) electrons. The summed E-state index contributed by atoms with van der Waals surface area (Å²) in [6.45, 7) is 8.86. The number of rotatable bonds is 4. The van der Waals surface area contributed by atoms with Gasteiger partial charge in [0.25, 0.3) is 0 Å². The highest BCUT2D eigenvalue weighted by atomic mass is 16.2. The third kappa shape index (κ3) is 7.40. The molecule has 0 aromatic carbocycles. The SMILES string of the molecule is CNC(=O)NC(=O)C(C)NC(C)C(=O)NC(C)(C)C. The number of hydrogen-bond donors (Lipinski definition) is 4. The van der Waals surface area contributed by atoms with E-state index in [0.717, 1.165) is 0 Å². The molecule has 0 aliphatic carbocycles. The van der Waals surface area contributed by atoms with Gasteiger partial charge < -0.3 is 10.6 Å². The number of imide groups is 1. The Hall–Kier alpha value is -1.63. The van der Waals surface area contributed by atoms with Crippen LogP contribution in [-0.2, 0) is 9.59 Å². The van der Waals surface area contributed by atoms with Gasteiger partial charge >= 0.3 is 6.03 Å². The number of hydrogen-bond acceptors (Lipinski definition) is 4. The molecule has 0 bridgehead atoms. The average molecular weight is 272 g/mol. The Bertz CT molecular complexity index is 349. The minimum absolute atomic E-state index is 0.202. The van der Waals surface area contributed by atoms with Crippen LogP contribution in [0.15, 0.2) is 0 Å². The van der Waals surface area contributed by atoms with Gasteiger partial charge in [-0.3, -0.25) is 20.2 Å². The van der Waals surface area contributed by atoms with Crippen molar-refractivity contribution in [3.05, 3.63) is 0 Å².